The lowest BCUT2D eigenvalue weighted by atomic mass is 9.90. The molecule has 3 nitrogen and oxygen atoms in total. The first-order valence-electron chi connectivity index (χ1n) is 9.31. The van der Waals surface area contributed by atoms with E-state index in [1.165, 1.54) is 73.1 Å². The van der Waals surface area contributed by atoms with Gasteiger partial charge in [-0.15, -0.1) is 0 Å². The van der Waals surface area contributed by atoms with Crippen LogP contribution in [-0.4, -0.2) is 14.6 Å². The van der Waals surface area contributed by atoms with Gasteiger partial charge in [0.15, 0.2) is 0 Å². The molecule has 4 heteroatoms. The van der Waals surface area contributed by atoms with Crippen LogP contribution in [0.2, 0.25) is 0 Å². The molecule has 0 radical (unpaired) electrons. The summed E-state index contributed by atoms with van der Waals surface area (Å²) in [6, 6.07) is 6.86. The van der Waals surface area contributed by atoms with Gasteiger partial charge < -0.3 is 0 Å². The summed E-state index contributed by atoms with van der Waals surface area (Å²) < 4.78 is 1.97. The van der Waals surface area contributed by atoms with E-state index in [4.69, 9.17) is 10.1 Å². The summed E-state index contributed by atoms with van der Waals surface area (Å²) in [5, 5.41) is 5.93. The fourth-order valence-electron chi connectivity index (χ4n) is 3.58. The number of aryl methyl sites for hydroxylation is 3. The van der Waals surface area contributed by atoms with Gasteiger partial charge in [0.05, 0.1) is 11.9 Å². The third-order valence-electron chi connectivity index (χ3n) is 4.97. The van der Waals surface area contributed by atoms with E-state index in [0.717, 1.165) is 17.1 Å². The summed E-state index contributed by atoms with van der Waals surface area (Å²) in [4.78, 5) is 5.84. The Hall–Kier alpha value is -1.68. The number of fused-ring (bicyclic) bond motifs is 2. The third kappa shape index (κ3) is 3.25. The standard InChI is InChI=1S/C20H25N3S/c1-2-3-4-5-10-19-22-23-14-18(21-20(23)24-19)17-12-11-15-8-6-7-9-16(15)13-17/h11-14H,2-10H2,1H3. The molecule has 2 aromatic heterocycles. The van der Waals surface area contributed by atoms with Gasteiger partial charge in [-0.25, -0.2) is 9.50 Å². The average Bonchev–Trinajstić information content (AvgIpc) is 3.17. The van der Waals surface area contributed by atoms with Crippen molar-refractivity contribution in [1.29, 1.82) is 0 Å². The van der Waals surface area contributed by atoms with Gasteiger partial charge in [0.2, 0.25) is 4.96 Å². The number of hydrogen-bond donors (Lipinski definition) is 0. The quantitative estimate of drug-likeness (QED) is 0.558. The Labute approximate surface area is 147 Å². The minimum absolute atomic E-state index is 1.02. The molecule has 4 rings (SSSR count). The fraction of sp³-hybridized carbons (Fsp3) is 0.500. The lowest BCUT2D eigenvalue weighted by molar-refractivity contribution is 0.661. The van der Waals surface area contributed by atoms with Crippen LogP contribution in [0.4, 0.5) is 0 Å². The highest BCUT2D eigenvalue weighted by atomic mass is 32.1. The molecule has 0 N–H and O–H groups in total. The maximum Gasteiger partial charge on any atom is 0.212 e. The van der Waals surface area contributed by atoms with Gasteiger partial charge in [0.1, 0.15) is 5.01 Å². The number of nitrogens with zero attached hydrogens (tertiary/aromatic N) is 3. The Morgan fingerprint density at radius 2 is 1.96 bits per heavy atom. The van der Waals surface area contributed by atoms with E-state index in [2.05, 4.69) is 31.3 Å². The molecule has 0 fully saturated rings. The van der Waals surface area contributed by atoms with Crippen LogP contribution in [-0.2, 0) is 19.3 Å². The van der Waals surface area contributed by atoms with Crippen molar-refractivity contribution >= 4 is 16.3 Å². The van der Waals surface area contributed by atoms with E-state index < -0.39 is 0 Å². The molecular formula is C20H25N3S. The second kappa shape index (κ2) is 7.06. The lowest BCUT2D eigenvalue weighted by Crippen LogP contribution is -2.02. The van der Waals surface area contributed by atoms with Crippen LogP contribution in [0.3, 0.4) is 0 Å². The van der Waals surface area contributed by atoms with Crippen molar-refractivity contribution < 1.29 is 0 Å². The predicted molar refractivity (Wildman–Crippen MR) is 101 cm³/mol. The summed E-state index contributed by atoms with van der Waals surface area (Å²) in [6.45, 7) is 2.25. The average molecular weight is 340 g/mol. The van der Waals surface area contributed by atoms with Crippen LogP contribution < -0.4 is 0 Å². The zero-order valence-electron chi connectivity index (χ0n) is 14.4. The van der Waals surface area contributed by atoms with Crippen molar-refractivity contribution in [2.75, 3.05) is 0 Å². The molecule has 0 saturated heterocycles. The molecule has 0 aliphatic heterocycles. The molecule has 3 aromatic rings. The first-order chi connectivity index (χ1) is 11.8. The Morgan fingerprint density at radius 1 is 1.08 bits per heavy atom. The van der Waals surface area contributed by atoms with Crippen molar-refractivity contribution in [3.05, 3.63) is 40.5 Å². The molecule has 0 bridgehead atoms. The van der Waals surface area contributed by atoms with E-state index in [1.807, 2.05) is 4.52 Å². The summed E-state index contributed by atoms with van der Waals surface area (Å²) >= 11 is 1.74. The van der Waals surface area contributed by atoms with Gasteiger partial charge in [0.25, 0.3) is 0 Å². The number of rotatable bonds is 6. The molecule has 1 aliphatic rings. The van der Waals surface area contributed by atoms with Crippen LogP contribution in [0.15, 0.2) is 24.4 Å². The minimum atomic E-state index is 1.02. The van der Waals surface area contributed by atoms with E-state index in [0.29, 0.717) is 0 Å². The maximum atomic E-state index is 4.82. The Bertz CT molecular complexity index is 799. The molecule has 126 valence electrons. The number of unbranched alkanes of at least 4 members (excludes halogenated alkanes) is 3. The van der Waals surface area contributed by atoms with Crippen molar-refractivity contribution in [3.8, 4) is 11.3 Å². The molecule has 0 unspecified atom stereocenters. The van der Waals surface area contributed by atoms with Gasteiger partial charge in [-0.3, -0.25) is 0 Å². The SMILES string of the molecule is CCCCCCc1nn2cc(-c3ccc4c(c3)CCCC4)nc2s1. The van der Waals surface area contributed by atoms with Crippen molar-refractivity contribution in [2.45, 2.75) is 64.7 Å². The third-order valence-corrected chi connectivity index (χ3v) is 5.96. The molecule has 0 spiro atoms. The monoisotopic (exact) mass is 339 g/mol. The summed E-state index contributed by atoms with van der Waals surface area (Å²) in [6.07, 6.45) is 13.4. The molecule has 1 aromatic carbocycles. The Kier molecular flexibility index (Phi) is 4.65. The van der Waals surface area contributed by atoms with Crippen LogP contribution in [0.25, 0.3) is 16.2 Å². The van der Waals surface area contributed by atoms with Crippen LogP contribution in [0.1, 0.15) is 61.6 Å². The number of benzene rings is 1. The van der Waals surface area contributed by atoms with Gasteiger partial charge in [0, 0.05) is 12.0 Å². The van der Waals surface area contributed by atoms with Gasteiger partial charge in [-0.2, -0.15) is 5.10 Å². The molecule has 2 heterocycles. The summed E-state index contributed by atoms with van der Waals surface area (Å²) in [5.41, 5.74) is 5.33. The highest BCUT2D eigenvalue weighted by Gasteiger charge is 2.13. The highest BCUT2D eigenvalue weighted by Crippen LogP contribution is 2.28. The van der Waals surface area contributed by atoms with Crippen LogP contribution in [0.5, 0.6) is 0 Å². The van der Waals surface area contributed by atoms with Crippen LogP contribution >= 0.6 is 11.3 Å². The summed E-state index contributed by atoms with van der Waals surface area (Å²) in [7, 11) is 0. The second-order valence-corrected chi connectivity index (χ2v) is 7.89. The largest absolute Gasteiger partial charge is 0.217 e. The van der Waals surface area contributed by atoms with Gasteiger partial charge in [-0.05, 0) is 49.3 Å². The van der Waals surface area contributed by atoms with E-state index in [-0.39, 0.29) is 0 Å². The van der Waals surface area contributed by atoms with E-state index in [9.17, 15) is 0 Å². The Balaban J connectivity index is 1.52. The first kappa shape index (κ1) is 15.8. The molecule has 1 aliphatic carbocycles. The zero-order chi connectivity index (χ0) is 16.4. The molecule has 0 saturated carbocycles. The zero-order valence-corrected chi connectivity index (χ0v) is 15.2. The van der Waals surface area contributed by atoms with Gasteiger partial charge in [-0.1, -0.05) is 49.7 Å². The van der Waals surface area contributed by atoms with Crippen molar-refractivity contribution in [3.63, 3.8) is 0 Å². The van der Waals surface area contributed by atoms with E-state index >= 15 is 0 Å². The number of hydrogen-bond acceptors (Lipinski definition) is 3. The van der Waals surface area contributed by atoms with Crippen molar-refractivity contribution in [1.82, 2.24) is 14.6 Å². The van der Waals surface area contributed by atoms with E-state index in [1.54, 1.807) is 11.3 Å². The van der Waals surface area contributed by atoms with Crippen LogP contribution in [0, 0.1) is 0 Å². The number of imidazole rings is 1. The lowest BCUT2D eigenvalue weighted by Gasteiger charge is -2.15. The minimum Gasteiger partial charge on any atom is -0.217 e. The molecular weight excluding hydrogens is 314 g/mol. The van der Waals surface area contributed by atoms with Crippen molar-refractivity contribution in [2.24, 2.45) is 0 Å². The number of aromatic nitrogens is 3. The van der Waals surface area contributed by atoms with Gasteiger partial charge >= 0.3 is 0 Å². The maximum absolute atomic E-state index is 4.82. The molecule has 0 atom stereocenters. The topological polar surface area (TPSA) is 30.2 Å². The highest BCUT2D eigenvalue weighted by molar-refractivity contribution is 7.16. The molecule has 0 amide bonds. The smallest absolute Gasteiger partial charge is 0.212 e. The fourth-order valence-corrected chi connectivity index (χ4v) is 4.49. The first-order valence-corrected chi connectivity index (χ1v) is 10.1. The second-order valence-electron chi connectivity index (χ2n) is 6.85. The summed E-state index contributed by atoms with van der Waals surface area (Å²) in [5.74, 6) is 0. The predicted octanol–water partition coefficient (Wildman–Crippen LogP) is 5.46. The Morgan fingerprint density at radius 3 is 2.79 bits per heavy atom. The molecule has 24 heavy (non-hydrogen) atoms. The normalized spacial score (nSPS) is 14.2.